The minimum Gasteiger partial charge on any atom is -0.370 e. The third kappa shape index (κ3) is 20.6. The van der Waals surface area contributed by atoms with Crippen molar-refractivity contribution in [1.29, 1.82) is 10.8 Å². The van der Waals surface area contributed by atoms with Crippen molar-refractivity contribution in [1.82, 2.24) is 58.2 Å². The van der Waals surface area contributed by atoms with E-state index in [-0.39, 0.29) is 102 Å². The summed E-state index contributed by atoms with van der Waals surface area (Å²) in [5.74, 6) is -8.90. The summed E-state index contributed by atoms with van der Waals surface area (Å²) in [6, 6.07) is 5.83. The van der Waals surface area contributed by atoms with E-state index in [0.717, 1.165) is 10.9 Å². The molecule has 27 heteroatoms. The Morgan fingerprint density at radius 3 is 1.91 bits per heavy atom. The molecular weight excluding hydrogens is 987 g/mol. The summed E-state index contributed by atoms with van der Waals surface area (Å²) in [4.78, 5) is 139. The molecule has 3 aromatic rings. The van der Waals surface area contributed by atoms with E-state index in [0.29, 0.717) is 11.1 Å². The predicted molar refractivity (Wildman–Crippen MR) is 279 cm³/mol. The molecule has 7 atom stereocenters. The molecule has 1 aromatic heterocycles. The van der Waals surface area contributed by atoms with Crippen molar-refractivity contribution in [2.75, 3.05) is 19.6 Å². The topological polar surface area (TPSA) is 459 Å². The Kier molecular flexibility index (Phi) is 23.9. The normalized spacial score (nSPS) is 20.9. The number of rotatable bonds is 19. The summed E-state index contributed by atoms with van der Waals surface area (Å²) in [6.07, 6.45) is 0.177. The maximum absolute atomic E-state index is 14.6. The zero-order chi connectivity index (χ0) is 55.7. The Labute approximate surface area is 438 Å². The van der Waals surface area contributed by atoms with E-state index in [9.17, 15) is 47.9 Å². The van der Waals surface area contributed by atoms with Gasteiger partial charge in [0.05, 0.1) is 0 Å². The number of nitrogens with one attached hydrogen (secondary N) is 13. The molecule has 0 bridgehead atoms. The fourth-order valence-electron chi connectivity index (χ4n) is 8.27. The first kappa shape index (κ1) is 59.8. The van der Waals surface area contributed by atoms with Crippen molar-refractivity contribution in [2.45, 2.75) is 126 Å². The molecule has 1 saturated heterocycles. The van der Waals surface area contributed by atoms with Gasteiger partial charge >= 0.3 is 0 Å². The Morgan fingerprint density at radius 1 is 0.684 bits per heavy atom. The second kappa shape index (κ2) is 30.4. The molecule has 27 nitrogen and oxygen atoms in total. The van der Waals surface area contributed by atoms with Gasteiger partial charge in [-0.2, -0.15) is 0 Å². The number of aromatic nitrogens is 1. The number of hydrogen-bond acceptors (Lipinski definition) is 12. The molecule has 10 amide bonds. The van der Waals surface area contributed by atoms with Gasteiger partial charge in [-0.25, -0.2) is 0 Å². The third-order valence-corrected chi connectivity index (χ3v) is 12.2. The Morgan fingerprint density at radius 2 is 1.26 bits per heavy atom. The second-order valence-electron chi connectivity index (χ2n) is 18.3. The lowest BCUT2D eigenvalue weighted by Gasteiger charge is -2.28. The van der Waals surface area contributed by atoms with Crippen molar-refractivity contribution in [3.05, 3.63) is 71.9 Å². The van der Waals surface area contributed by atoms with Crippen LogP contribution in [0.5, 0.6) is 0 Å². The van der Waals surface area contributed by atoms with Gasteiger partial charge in [0.1, 0.15) is 42.3 Å². The molecule has 412 valence electrons. The fourth-order valence-corrected chi connectivity index (χ4v) is 8.27. The van der Waals surface area contributed by atoms with E-state index >= 15 is 0 Å². The molecule has 4 rings (SSSR count). The monoisotopic (exact) mass is 1060 g/mol. The highest BCUT2D eigenvalue weighted by Crippen LogP contribution is 2.20. The Hall–Kier alpha value is -8.78. The van der Waals surface area contributed by atoms with Crippen molar-refractivity contribution < 1.29 is 47.9 Å². The zero-order valence-electron chi connectivity index (χ0n) is 42.3. The molecule has 0 unspecified atom stereocenters. The number of hydrogen-bond donors (Lipinski definition) is 17. The molecule has 76 heavy (non-hydrogen) atoms. The number of nitrogens with two attached hydrogens (primary N) is 4. The summed E-state index contributed by atoms with van der Waals surface area (Å²) in [5.41, 5.74) is 24.0. The van der Waals surface area contributed by atoms with Gasteiger partial charge in [-0.05, 0) is 68.6 Å². The molecule has 1 fully saturated rings. The molecule has 21 N–H and O–H groups in total. The number of carbonyl (C=O) groups is 10. The van der Waals surface area contributed by atoms with Gasteiger partial charge in [-0.3, -0.25) is 58.8 Å². The van der Waals surface area contributed by atoms with E-state index in [1.165, 1.54) is 6.92 Å². The van der Waals surface area contributed by atoms with Gasteiger partial charge < -0.3 is 81.1 Å². The summed E-state index contributed by atoms with van der Waals surface area (Å²) in [7, 11) is 0. The number of guanidine groups is 2. The number of carbonyl (C=O) groups excluding carboxylic acids is 10. The van der Waals surface area contributed by atoms with Crippen LogP contribution in [0.2, 0.25) is 0 Å². The lowest BCUT2D eigenvalue weighted by Crippen LogP contribution is -2.60. The van der Waals surface area contributed by atoms with Crippen molar-refractivity contribution in [3.8, 4) is 0 Å². The smallest absolute Gasteiger partial charge is 0.243 e. The molecular formula is C49H71N17O10. The van der Waals surface area contributed by atoms with Crippen LogP contribution in [-0.4, -0.2) is 138 Å². The van der Waals surface area contributed by atoms with Gasteiger partial charge in [0.15, 0.2) is 11.9 Å². The van der Waals surface area contributed by atoms with Gasteiger partial charge in [-0.15, -0.1) is 0 Å². The number of para-hydroxylation sites is 1. The van der Waals surface area contributed by atoms with Crippen LogP contribution in [0.25, 0.3) is 10.9 Å². The first-order chi connectivity index (χ1) is 36.2. The number of aromatic amines is 1. The molecule has 1 aliphatic heterocycles. The standard InChI is InChI=1S/C49H71N17O10/c1-27(67)60-33(14-8-22-57-48(52)53)42(71)62-34-15-7-21-56-40(69)20-18-32(41(51)70)61-47(76)38(25-29-26-59-31-13-6-5-12-30(29)31)66-44(73)35(16-9-23-58-49(54)55)63-46(75)37(24-28-10-3-2-4-11-28)65-45(74)36(64-43(34)72)17-19-39(50)68/h2-6,10-13,26,32-38,59H,7-9,14-25H2,1H3,(H2,50,68)(H2,51,70)(H,56,69)(H,60,67)(H,61,76)(H,62,71)(H,63,75)(H,64,72)(H,65,74)(H,66,73)(H4,52,53,57)(H4,54,55,58)/t32-,33-,34-,35-,36-,37+,38-/m0/s1. The highest BCUT2D eigenvalue weighted by Gasteiger charge is 2.35. The van der Waals surface area contributed by atoms with E-state index < -0.39 is 108 Å². The minimum atomic E-state index is -1.56. The molecule has 1 aliphatic rings. The number of amides is 10. The first-order valence-electron chi connectivity index (χ1n) is 24.9. The minimum absolute atomic E-state index is 0.0338. The summed E-state index contributed by atoms with van der Waals surface area (Å²) < 4.78 is 0. The fraction of sp³-hybridized carbons (Fsp3) is 0.469. The van der Waals surface area contributed by atoms with Gasteiger partial charge in [0, 0.05) is 69.3 Å². The van der Waals surface area contributed by atoms with E-state index in [1.54, 1.807) is 54.7 Å². The quantitative estimate of drug-likeness (QED) is 0.0313. The largest absolute Gasteiger partial charge is 0.370 e. The van der Waals surface area contributed by atoms with E-state index in [1.807, 2.05) is 6.07 Å². The van der Waals surface area contributed by atoms with Crippen LogP contribution >= 0.6 is 0 Å². The lowest BCUT2D eigenvalue weighted by atomic mass is 10.0. The number of primary amides is 2. The molecule has 0 radical (unpaired) electrons. The number of benzene rings is 2. The Balaban J connectivity index is 1.78. The van der Waals surface area contributed by atoms with Gasteiger partial charge in [0.25, 0.3) is 0 Å². The van der Waals surface area contributed by atoms with Crippen LogP contribution in [0, 0.1) is 10.8 Å². The maximum atomic E-state index is 14.6. The highest BCUT2D eigenvalue weighted by molar-refractivity contribution is 5.98. The van der Waals surface area contributed by atoms with Gasteiger partial charge in [-0.1, -0.05) is 48.5 Å². The van der Waals surface area contributed by atoms with Crippen LogP contribution < -0.4 is 76.1 Å². The third-order valence-electron chi connectivity index (χ3n) is 12.2. The van der Waals surface area contributed by atoms with Crippen LogP contribution in [0.4, 0.5) is 0 Å². The number of H-pyrrole nitrogens is 1. The second-order valence-corrected chi connectivity index (χ2v) is 18.3. The molecule has 0 saturated carbocycles. The van der Waals surface area contributed by atoms with Crippen LogP contribution in [-0.2, 0) is 60.8 Å². The molecule has 0 spiro atoms. The highest BCUT2D eigenvalue weighted by atomic mass is 16.2. The first-order valence-corrected chi connectivity index (χ1v) is 24.9. The summed E-state index contributed by atoms with van der Waals surface area (Å²) >= 11 is 0. The average molecular weight is 1060 g/mol. The van der Waals surface area contributed by atoms with Crippen molar-refractivity contribution in [3.63, 3.8) is 0 Å². The van der Waals surface area contributed by atoms with E-state index in [4.69, 9.17) is 33.8 Å². The molecule has 2 heterocycles. The van der Waals surface area contributed by atoms with Crippen LogP contribution in [0.1, 0.15) is 82.3 Å². The molecule has 0 aliphatic carbocycles. The van der Waals surface area contributed by atoms with Crippen molar-refractivity contribution >= 4 is 81.9 Å². The van der Waals surface area contributed by atoms with Crippen LogP contribution in [0.3, 0.4) is 0 Å². The van der Waals surface area contributed by atoms with Gasteiger partial charge in [0.2, 0.25) is 59.1 Å². The lowest BCUT2D eigenvalue weighted by molar-refractivity contribution is -0.136. The van der Waals surface area contributed by atoms with E-state index in [2.05, 4.69) is 58.2 Å². The molecule has 2 aromatic carbocycles. The zero-order valence-corrected chi connectivity index (χ0v) is 42.3. The average Bonchev–Trinajstić information content (AvgIpc) is 3.78. The predicted octanol–water partition coefficient (Wildman–Crippen LogP) is -3.67. The summed E-state index contributed by atoms with van der Waals surface area (Å²) in [6.45, 7) is 1.37. The summed E-state index contributed by atoms with van der Waals surface area (Å²) in [5, 5.41) is 42.0. The maximum Gasteiger partial charge on any atom is 0.243 e. The van der Waals surface area contributed by atoms with Crippen molar-refractivity contribution in [2.24, 2.45) is 22.9 Å². The number of fused-ring (bicyclic) bond motifs is 1. The Bertz CT molecular complexity index is 2560. The SMILES string of the molecule is CC(=O)N[C@@H](CCCNC(=N)N)C(=O)N[C@H]1CCCNC(=O)CC[C@@H](C(N)=O)NC(=O)[C@H](Cc2c[nH]c3ccccc23)NC(=O)[C@H](CCCNC(=N)N)NC(=O)[C@@H](Cc2ccccc2)NC(=O)[C@H](CCC(N)=O)NC1=O. The van der Waals surface area contributed by atoms with Crippen LogP contribution in [0.15, 0.2) is 60.8 Å².